The highest BCUT2D eigenvalue weighted by atomic mass is 16.6. The van der Waals surface area contributed by atoms with Gasteiger partial charge in [-0.2, -0.15) is 0 Å². The molecule has 1 aliphatic rings. The number of esters is 1. The van der Waals surface area contributed by atoms with Gasteiger partial charge in [0.05, 0.1) is 16.7 Å². The monoisotopic (exact) mass is 370 g/mol. The molecule has 0 saturated heterocycles. The summed E-state index contributed by atoms with van der Waals surface area (Å²) in [5, 5.41) is 14.8. The highest BCUT2D eigenvalue weighted by Crippen LogP contribution is 2.31. The second-order valence-electron chi connectivity index (χ2n) is 8.55. The topological polar surface area (TPSA) is 71.5 Å². The zero-order valence-corrected chi connectivity index (χ0v) is 16.5. The molecule has 0 amide bonds. The zero-order valence-electron chi connectivity index (χ0n) is 16.5. The van der Waals surface area contributed by atoms with Crippen LogP contribution in [0.25, 0.3) is 10.9 Å². The van der Waals surface area contributed by atoms with Crippen molar-refractivity contribution in [1.29, 1.82) is 0 Å². The molecule has 5 nitrogen and oxygen atoms in total. The summed E-state index contributed by atoms with van der Waals surface area (Å²) in [6.45, 7) is 6.27. The molecule has 1 saturated carbocycles. The van der Waals surface area contributed by atoms with E-state index in [9.17, 15) is 9.90 Å². The predicted octanol–water partition coefficient (Wildman–Crippen LogP) is 4.69. The van der Waals surface area contributed by atoms with E-state index in [1.807, 2.05) is 39.0 Å². The fraction of sp³-hybridized carbons (Fsp3) is 0.545. The maximum atomic E-state index is 12.5. The Hall–Kier alpha value is -2.14. The molecule has 5 heteroatoms. The summed E-state index contributed by atoms with van der Waals surface area (Å²) in [6.07, 6.45) is 7.58. The number of pyridine rings is 1. The van der Waals surface area contributed by atoms with Gasteiger partial charge in [0.25, 0.3) is 0 Å². The van der Waals surface area contributed by atoms with E-state index in [-0.39, 0.29) is 5.97 Å². The third kappa shape index (κ3) is 5.19. The summed E-state index contributed by atoms with van der Waals surface area (Å²) in [7, 11) is 0. The van der Waals surface area contributed by atoms with Crippen molar-refractivity contribution in [2.75, 3.05) is 11.9 Å². The number of ether oxygens (including phenoxy) is 1. The molecule has 0 bridgehead atoms. The molecule has 2 aromatic rings. The minimum atomic E-state index is -0.544. The minimum absolute atomic E-state index is 0.344. The third-order valence-electron chi connectivity index (χ3n) is 5.06. The number of benzene rings is 1. The fourth-order valence-corrected chi connectivity index (χ4v) is 3.67. The van der Waals surface area contributed by atoms with Crippen molar-refractivity contribution >= 4 is 22.6 Å². The standard InChI is InChI=1S/C22H30N2O3/c1-21(2,3)27-20(25)17-9-13-24-19-8-7-16(15-18(17)19)23-14-12-22(26)10-5-4-6-11-22/h7-9,13,15,23,26H,4-6,10-12,14H2,1-3H3. The fourth-order valence-electron chi connectivity index (χ4n) is 3.67. The van der Waals surface area contributed by atoms with E-state index in [0.717, 1.165) is 48.7 Å². The lowest BCUT2D eigenvalue weighted by Crippen LogP contribution is -2.33. The Morgan fingerprint density at radius 1 is 1.22 bits per heavy atom. The summed E-state index contributed by atoms with van der Waals surface area (Å²) in [6, 6.07) is 7.50. The lowest BCUT2D eigenvalue weighted by atomic mass is 9.82. The van der Waals surface area contributed by atoms with E-state index in [1.54, 1.807) is 12.3 Å². The van der Waals surface area contributed by atoms with Crippen LogP contribution in [0.15, 0.2) is 30.5 Å². The quantitative estimate of drug-likeness (QED) is 0.747. The van der Waals surface area contributed by atoms with E-state index in [4.69, 9.17) is 4.74 Å². The molecule has 0 atom stereocenters. The predicted molar refractivity (Wildman–Crippen MR) is 108 cm³/mol. The molecular formula is C22H30N2O3. The minimum Gasteiger partial charge on any atom is -0.456 e. The van der Waals surface area contributed by atoms with Crippen molar-refractivity contribution in [3.63, 3.8) is 0 Å². The number of hydrogen-bond donors (Lipinski definition) is 2. The Labute approximate surface area is 161 Å². The van der Waals surface area contributed by atoms with Crippen LogP contribution in [0.2, 0.25) is 0 Å². The first-order chi connectivity index (χ1) is 12.8. The van der Waals surface area contributed by atoms with Crippen LogP contribution in [0.5, 0.6) is 0 Å². The molecule has 0 radical (unpaired) electrons. The first-order valence-electron chi connectivity index (χ1n) is 9.84. The van der Waals surface area contributed by atoms with E-state index in [1.165, 1.54) is 6.42 Å². The Bertz CT molecular complexity index is 805. The molecule has 1 fully saturated rings. The van der Waals surface area contributed by atoms with Crippen LogP contribution in [-0.2, 0) is 4.74 Å². The van der Waals surface area contributed by atoms with Crippen molar-refractivity contribution in [3.8, 4) is 0 Å². The number of rotatable bonds is 5. The summed E-state index contributed by atoms with van der Waals surface area (Å²) in [5.74, 6) is -0.344. The van der Waals surface area contributed by atoms with Crippen LogP contribution in [0.1, 0.15) is 69.7 Å². The number of carbonyl (C=O) groups excluding carboxylic acids is 1. The van der Waals surface area contributed by atoms with Crippen molar-refractivity contribution in [2.45, 2.75) is 70.5 Å². The molecule has 1 aromatic heterocycles. The smallest absolute Gasteiger partial charge is 0.339 e. The molecule has 0 aliphatic heterocycles. The van der Waals surface area contributed by atoms with Gasteiger partial charge in [0.1, 0.15) is 5.60 Å². The number of hydrogen-bond acceptors (Lipinski definition) is 5. The number of carbonyl (C=O) groups is 1. The average Bonchev–Trinajstić information content (AvgIpc) is 2.60. The van der Waals surface area contributed by atoms with Crippen molar-refractivity contribution < 1.29 is 14.6 Å². The van der Waals surface area contributed by atoms with E-state index in [0.29, 0.717) is 12.1 Å². The highest BCUT2D eigenvalue weighted by Gasteiger charge is 2.28. The number of nitrogens with one attached hydrogen (secondary N) is 1. The highest BCUT2D eigenvalue weighted by molar-refractivity contribution is 6.04. The molecule has 0 spiro atoms. The Balaban J connectivity index is 1.73. The maximum Gasteiger partial charge on any atom is 0.339 e. The molecule has 0 unspecified atom stereocenters. The van der Waals surface area contributed by atoms with E-state index >= 15 is 0 Å². The van der Waals surface area contributed by atoms with Gasteiger partial charge in [0.2, 0.25) is 0 Å². The molecule has 1 aromatic carbocycles. The van der Waals surface area contributed by atoms with E-state index < -0.39 is 11.2 Å². The van der Waals surface area contributed by atoms with Gasteiger partial charge >= 0.3 is 5.97 Å². The normalized spacial score (nSPS) is 16.9. The van der Waals surface area contributed by atoms with Gasteiger partial charge in [-0.1, -0.05) is 19.3 Å². The van der Waals surface area contributed by atoms with Crippen molar-refractivity contribution in [2.24, 2.45) is 0 Å². The van der Waals surface area contributed by atoms with Crippen LogP contribution in [0.3, 0.4) is 0 Å². The van der Waals surface area contributed by atoms with Gasteiger partial charge in [0, 0.05) is 23.8 Å². The zero-order chi connectivity index (χ0) is 19.5. The second kappa shape index (κ2) is 7.85. The second-order valence-corrected chi connectivity index (χ2v) is 8.55. The van der Waals surface area contributed by atoms with Gasteiger partial charge in [-0.05, 0) is 64.3 Å². The number of nitrogens with zero attached hydrogens (tertiary/aromatic N) is 1. The van der Waals surface area contributed by atoms with Gasteiger partial charge in [0.15, 0.2) is 0 Å². The average molecular weight is 370 g/mol. The van der Waals surface area contributed by atoms with E-state index in [2.05, 4.69) is 10.3 Å². The summed E-state index contributed by atoms with van der Waals surface area (Å²) in [5.41, 5.74) is 1.11. The SMILES string of the molecule is CC(C)(C)OC(=O)c1ccnc2ccc(NCCC3(O)CCCCC3)cc12. The molecular weight excluding hydrogens is 340 g/mol. The van der Waals surface area contributed by atoms with Crippen molar-refractivity contribution in [1.82, 2.24) is 4.98 Å². The Morgan fingerprint density at radius 3 is 2.67 bits per heavy atom. The first-order valence-corrected chi connectivity index (χ1v) is 9.84. The van der Waals surface area contributed by atoms with Crippen LogP contribution >= 0.6 is 0 Å². The molecule has 1 heterocycles. The van der Waals surface area contributed by atoms with Crippen LogP contribution in [0.4, 0.5) is 5.69 Å². The number of anilines is 1. The van der Waals surface area contributed by atoms with Gasteiger partial charge in [-0.3, -0.25) is 4.98 Å². The number of fused-ring (bicyclic) bond motifs is 1. The molecule has 146 valence electrons. The number of aliphatic hydroxyl groups is 1. The van der Waals surface area contributed by atoms with Crippen LogP contribution < -0.4 is 5.32 Å². The number of aromatic nitrogens is 1. The van der Waals surface area contributed by atoms with Gasteiger partial charge < -0.3 is 15.2 Å². The lowest BCUT2D eigenvalue weighted by Gasteiger charge is -2.32. The maximum absolute atomic E-state index is 12.5. The Morgan fingerprint density at radius 2 is 1.96 bits per heavy atom. The molecule has 27 heavy (non-hydrogen) atoms. The summed E-state index contributed by atoms with van der Waals surface area (Å²) >= 11 is 0. The van der Waals surface area contributed by atoms with Crippen LogP contribution in [0, 0.1) is 0 Å². The van der Waals surface area contributed by atoms with Crippen molar-refractivity contribution in [3.05, 3.63) is 36.0 Å². The summed E-state index contributed by atoms with van der Waals surface area (Å²) in [4.78, 5) is 16.9. The Kier molecular flexibility index (Phi) is 5.70. The third-order valence-corrected chi connectivity index (χ3v) is 5.06. The molecule has 2 N–H and O–H groups in total. The van der Waals surface area contributed by atoms with Gasteiger partial charge in [-0.25, -0.2) is 4.79 Å². The first kappa shape index (κ1) is 19.6. The van der Waals surface area contributed by atoms with Crippen LogP contribution in [-0.4, -0.2) is 33.8 Å². The summed E-state index contributed by atoms with van der Waals surface area (Å²) < 4.78 is 5.53. The largest absolute Gasteiger partial charge is 0.456 e. The lowest BCUT2D eigenvalue weighted by molar-refractivity contribution is -0.000608. The van der Waals surface area contributed by atoms with Gasteiger partial charge in [-0.15, -0.1) is 0 Å². The molecule has 3 rings (SSSR count). The molecule has 1 aliphatic carbocycles.